The molecule has 0 fully saturated rings. The van der Waals surface area contributed by atoms with Crippen LogP contribution in [0.5, 0.6) is 0 Å². The number of nitro groups is 1. The fourth-order valence-electron chi connectivity index (χ4n) is 2.82. The highest BCUT2D eigenvalue weighted by molar-refractivity contribution is 5.97. The number of fused-ring (bicyclic) bond motifs is 1. The fraction of sp³-hybridized carbons (Fsp3) is 0.100. The van der Waals surface area contributed by atoms with E-state index >= 15 is 0 Å². The summed E-state index contributed by atoms with van der Waals surface area (Å²) in [6.07, 6.45) is 4.39. The SMILES string of the molecule is C=CC[CH]c1cc(-c2ccc(NOC)cc2[N+](=O)[O-])c2ccccc2n1. The summed E-state index contributed by atoms with van der Waals surface area (Å²) in [6, 6.07) is 14.4. The van der Waals surface area contributed by atoms with Gasteiger partial charge in [0.15, 0.2) is 0 Å². The van der Waals surface area contributed by atoms with Gasteiger partial charge in [-0.25, -0.2) is 0 Å². The molecule has 6 heteroatoms. The third-order valence-corrected chi connectivity index (χ3v) is 3.93. The maximum absolute atomic E-state index is 11.6. The van der Waals surface area contributed by atoms with Gasteiger partial charge in [-0.05, 0) is 36.2 Å². The molecule has 2 aromatic carbocycles. The van der Waals surface area contributed by atoms with Crippen LogP contribution in [0.3, 0.4) is 0 Å². The van der Waals surface area contributed by atoms with Crippen LogP contribution >= 0.6 is 0 Å². The number of aromatic nitrogens is 1. The maximum atomic E-state index is 11.6. The molecule has 0 unspecified atom stereocenters. The van der Waals surface area contributed by atoms with Crippen LogP contribution in [0, 0.1) is 16.5 Å². The van der Waals surface area contributed by atoms with Crippen molar-refractivity contribution in [3.63, 3.8) is 0 Å². The van der Waals surface area contributed by atoms with E-state index in [-0.39, 0.29) is 5.69 Å². The lowest BCUT2D eigenvalue weighted by Crippen LogP contribution is -1.99. The minimum absolute atomic E-state index is 0.00178. The molecular formula is C20H18N3O3. The standard InChI is InChI=1S/C20H18N3O3/c1-3-4-7-14-12-18(16-8-5-6-9-19(16)21-14)17-11-10-15(22-26-2)13-20(17)23(24)25/h3,5-13,22H,1,4H2,2H3. The number of nitrogens with zero attached hydrogens (tertiary/aromatic N) is 2. The Bertz CT molecular complexity index is 970. The summed E-state index contributed by atoms with van der Waals surface area (Å²) in [4.78, 5) is 20.7. The first-order chi connectivity index (χ1) is 12.6. The summed E-state index contributed by atoms with van der Waals surface area (Å²) in [5, 5.41) is 12.5. The number of nitro benzene ring substituents is 1. The van der Waals surface area contributed by atoms with Crippen molar-refractivity contribution in [1.29, 1.82) is 0 Å². The van der Waals surface area contributed by atoms with Gasteiger partial charge in [-0.1, -0.05) is 24.3 Å². The van der Waals surface area contributed by atoms with Crippen LogP contribution in [-0.2, 0) is 4.84 Å². The van der Waals surface area contributed by atoms with Crippen molar-refractivity contribution in [2.45, 2.75) is 6.42 Å². The monoisotopic (exact) mass is 348 g/mol. The molecule has 0 spiro atoms. The molecule has 6 nitrogen and oxygen atoms in total. The van der Waals surface area contributed by atoms with E-state index in [0.29, 0.717) is 17.7 Å². The molecule has 1 aromatic heterocycles. The van der Waals surface area contributed by atoms with Gasteiger partial charge in [-0.2, -0.15) is 0 Å². The molecule has 1 heterocycles. The number of para-hydroxylation sites is 1. The van der Waals surface area contributed by atoms with Crippen LogP contribution in [0.4, 0.5) is 11.4 Å². The molecule has 0 bridgehead atoms. The molecule has 3 aromatic rings. The molecular weight excluding hydrogens is 330 g/mol. The molecule has 1 radical (unpaired) electrons. The Labute approximate surface area is 151 Å². The minimum atomic E-state index is -0.390. The Morgan fingerprint density at radius 1 is 1.23 bits per heavy atom. The zero-order valence-electron chi connectivity index (χ0n) is 14.3. The van der Waals surface area contributed by atoms with Gasteiger partial charge in [0.1, 0.15) is 0 Å². The summed E-state index contributed by atoms with van der Waals surface area (Å²) >= 11 is 0. The van der Waals surface area contributed by atoms with E-state index in [4.69, 9.17) is 4.84 Å². The van der Waals surface area contributed by atoms with E-state index in [1.807, 2.05) is 36.8 Å². The number of benzene rings is 2. The Balaban J connectivity index is 2.23. The van der Waals surface area contributed by atoms with E-state index in [1.54, 1.807) is 18.2 Å². The van der Waals surface area contributed by atoms with Crippen molar-refractivity contribution in [1.82, 2.24) is 4.98 Å². The molecule has 0 saturated heterocycles. The Morgan fingerprint density at radius 3 is 2.77 bits per heavy atom. The highest BCUT2D eigenvalue weighted by Gasteiger charge is 2.19. The van der Waals surface area contributed by atoms with Gasteiger partial charge in [-0.3, -0.25) is 25.4 Å². The average Bonchev–Trinajstić information content (AvgIpc) is 2.66. The number of anilines is 1. The number of hydrogen-bond donors (Lipinski definition) is 1. The van der Waals surface area contributed by atoms with Gasteiger partial charge < -0.3 is 0 Å². The number of nitrogens with one attached hydrogen (secondary N) is 1. The van der Waals surface area contributed by atoms with E-state index in [9.17, 15) is 10.1 Å². The summed E-state index contributed by atoms with van der Waals surface area (Å²) in [6.45, 7) is 3.72. The van der Waals surface area contributed by atoms with Crippen LogP contribution < -0.4 is 5.48 Å². The lowest BCUT2D eigenvalue weighted by atomic mass is 9.97. The summed E-state index contributed by atoms with van der Waals surface area (Å²) in [5.74, 6) is 0. The third kappa shape index (κ3) is 3.55. The zero-order chi connectivity index (χ0) is 18.5. The minimum Gasteiger partial charge on any atom is -0.279 e. The second-order valence-electron chi connectivity index (χ2n) is 5.64. The van der Waals surface area contributed by atoms with Crippen molar-refractivity contribution in [2.75, 3.05) is 12.6 Å². The lowest BCUT2D eigenvalue weighted by molar-refractivity contribution is -0.384. The lowest BCUT2D eigenvalue weighted by Gasteiger charge is -2.11. The molecule has 0 aliphatic rings. The summed E-state index contributed by atoms with van der Waals surface area (Å²) < 4.78 is 0. The van der Waals surface area contributed by atoms with Crippen LogP contribution in [0.15, 0.2) is 61.2 Å². The van der Waals surface area contributed by atoms with Gasteiger partial charge in [-0.15, -0.1) is 6.58 Å². The van der Waals surface area contributed by atoms with Crippen LogP contribution in [0.2, 0.25) is 0 Å². The van der Waals surface area contributed by atoms with Gasteiger partial charge in [0.2, 0.25) is 0 Å². The summed E-state index contributed by atoms with van der Waals surface area (Å²) in [7, 11) is 1.46. The van der Waals surface area contributed by atoms with Gasteiger partial charge in [0, 0.05) is 23.6 Å². The van der Waals surface area contributed by atoms with Crippen molar-refractivity contribution in [3.8, 4) is 11.1 Å². The van der Waals surface area contributed by atoms with Crippen molar-refractivity contribution < 1.29 is 9.76 Å². The highest BCUT2D eigenvalue weighted by atomic mass is 16.6. The number of allylic oxidation sites excluding steroid dienone is 1. The normalized spacial score (nSPS) is 10.7. The number of pyridine rings is 1. The van der Waals surface area contributed by atoms with E-state index in [0.717, 1.165) is 22.2 Å². The molecule has 1 N–H and O–H groups in total. The largest absolute Gasteiger partial charge is 0.279 e. The molecule has 131 valence electrons. The quantitative estimate of drug-likeness (QED) is 0.373. The van der Waals surface area contributed by atoms with Crippen molar-refractivity contribution in [3.05, 3.63) is 83.4 Å². The second kappa shape index (κ2) is 7.76. The van der Waals surface area contributed by atoms with E-state index < -0.39 is 4.92 Å². The molecule has 0 amide bonds. The van der Waals surface area contributed by atoms with Crippen molar-refractivity contribution in [2.24, 2.45) is 0 Å². The molecule has 26 heavy (non-hydrogen) atoms. The first-order valence-corrected chi connectivity index (χ1v) is 8.05. The van der Waals surface area contributed by atoms with Crippen LogP contribution in [0.25, 0.3) is 22.0 Å². The molecule has 0 saturated carbocycles. The predicted octanol–water partition coefficient (Wildman–Crippen LogP) is 4.91. The number of hydrogen-bond acceptors (Lipinski definition) is 5. The molecule has 0 atom stereocenters. The predicted molar refractivity (Wildman–Crippen MR) is 103 cm³/mol. The van der Waals surface area contributed by atoms with Crippen molar-refractivity contribution >= 4 is 22.3 Å². The molecule has 0 aliphatic heterocycles. The number of rotatable bonds is 7. The smallest absolute Gasteiger partial charge is 0.279 e. The Kier molecular flexibility index (Phi) is 5.24. The summed E-state index contributed by atoms with van der Waals surface area (Å²) in [5.41, 5.74) is 5.97. The molecule has 3 rings (SSSR count). The topological polar surface area (TPSA) is 77.3 Å². The first-order valence-electron chi connectivity index (χ1n) is 8.05. The maximum Gasteiger partial charge on any atom is 0.279 e. The molecule has 0 aliphatic carbocycles. The van der Waals surface area contributed by atoms with Gasteiger partial charge in [0.25, 0.3) is 5.69 Å². The zero-order valence-corrected chi connectivity index (χ0v) is 14.3. The van der Waals surface area contributed by atoms with Crippen LogP contribution in [-0.4, -0.2) is 17.0 Å². The van der Waals surface area contributed by atoms with E-state index in [1.165, 1.54) is 13.2 Å². The van der Waals surface area contributed by atoms with Gasteiger partial charge in [0.05, 0.1) is 28.8 Å². The third-order valence-electron chi connectivity index (χ3n) is 3.93. The van der Waals surface area contributed by atoms with Gasteiger partial charge >= 0.3 is 0 Å². The van der Waals surface area contributed by atoms with E-state index in [2.05, 4.69) is 17.0 Å². The fourth-order valence-corrected chi connectivity index (χ4v) is 2.82. The Morgan fingerprint density at radius 2 is 2.04 bits per heavy atom. The Hall–Kier alpha value is -3.25. The van der Waals surface area contributed by atoms with Crippen LogP contribution in [0.1, 0.15) is 12.1 Å². The second-order valence-corrected chi connectivity index (χ2v) is 5.64. The highest BCUT2D eigenvalue weighted by Crippen LogP contribution is 2.37. The average molecular weight is 348 g/mol. The first kappa shape index (κ1) is 17.6.